The molecule has 2 nitrogen and oxygen atoms in total. The van der Waals surface area contributed by atoms with Gasteiger partial charge in [0.15, 0.2) is 0 Å². The molecule has 2 aliphatic rings. The largest absolute Gasteiger partial charge is 0.312 e. The summed E-state index contributed by atoms with van der Waals surface area (Å²) in [6, 6.07) is 1.65. The van der Waals surface area contributed by atoms with E-state index in [1.165, 1.54) is 58.2 Å². The summed E-state index contributed by atoms with van der Waals surface area (Å²) in [4.78, 5) is 2.71. The molecule has 1 N–H and O–H groups in total. The van der Waals surface area contributed by atoms with E-state index in [2.05, 4.69) is 24.1 Å². The molecule has 2 saturated heterocycles. The molecule has 0 aromatic rings. The van der Waals surface area contributed by atoms with Crippen molar-refractivity contribution >= 4 is 0 Å². The van der Waals surface area contributed by atoms with E-state index in [1.807, 2.05) is 0 Å². The Morgan fingerprint density at radius 3 is 2.94 bits per heavy atom. The Labute approximate surface area is 101 Å². The van der Waals surface area contributed by atoms with Crippen LogP contribution in [0.5, 0.6) is 0 Å². The SMILES string of the molecule is CCCC(C)CNC1CCN2CCCCC12. The summed E-state index contributed by atoms with van der Waals surface area (Å²) in [5.41, 5.74) is 0. The quantitative estimate of drug-likeness (QED) is 0.772. The summed E-state index contributed by atoms with van der Waals surface area (Å²) in [5, 5.41) is 3.82. The van der Waals surface area contributed by atoms with Crippen molar-refractivity contribution in [1.29, 1.82) is 0 Å². The summed E-state index contributed by atoms with van der Waals surface area (Å²) >= 11 is 0. The number of hydrogen-bond donors (Lipinski definition) is 1. The zero-order valence-electron chi connectivity index (χ0n) is 11.0. The molecule has 94 valence electrons. The predicted molar refractivity (Wildman–Crippen MR) is 69.7 cm³/mol. The van der Waals surface area contributed by atoms with Gasteiger partial charge in [-0.3, -0.25) is 4.90 Å². The van der Waals surface area contributed by atoms with Crippen molar-refractivity contribution in [3.63, 3.8) is 0 Å². The van der Waals surface area contributed by atoms with Crippen LogP contribution in [0.15, 0.2) is 0 Å². The van der Waals surface area contributed by atoms with E-state index in [4.69, 9.17) is 0 Å². The number of rotatable bonds is 5. The standard InChI is InChI=1S/C14H28N2/c1-3-6-12(2)11-15-13-8-10-16-9-5-4-7-14(13)16/h12-15H,3-11H2,1-2H3. The van der Waals surface area contributed by atoms with Crippen LogP contribution in [0.4, 0.5) is 0 Å². The molecule has 2 heteroatoms. The topological polar surface area (TPSA) is 15.3 Å². The summed E-state index contributed by atoms with van der Waals surface area (Å²) in [6.07, 6.45) is 8.37. The predicted octanol–water partition coefficient (Wildman–Crippen LogP) is 2.64. The van der Waals surface area contributed by atoms with Crippen LogP contribution >= 0.6 is 0 Å². The van der Waals surface area contributed by atoms with E-state index in [-0.39, 0.29) is 0 Å². The van der Waals surface area contributed by atoms with Gasteiger partial charge in [-0.25, -0.2) is 0 Å². The number of fused-ring (bicyclic) bond motifs is 1. The molecule has 0 aromatic heterocycles. The Morgan fingerprint density at radius 2 is 2.12 bits per heavy atom. The highest BCUT2D eigenvalue weighted by atomic mass is 15.2. The van der Waals surface area contributed by atoms with Gasteiger partial charge in [0.1, 0.15) is 0 Å². The van der Waals surface area contributed by atoms with Crippen LogP contribution in [0.1, 0.15) is 52.4 Å². The van der Waals surface area contributed by atoms with Crippen molar-refractivity contribution in [1.82, 2.24) is 10.2 Å². The highest BCUT2D eigenvalue weighted by molar-refractivity contribution is 4.93. The summed E-state index contributed by atoms with van der Waals surface area (Å²) in [5.74, 6) is 0.850. The number of nitrogens with zero attached hydrogens (tertiary/aromatic N) is 1. The Balaban J connectivity index is 1.73. The van der Waals surface area contributed by atoms with Gasteiger partial charge in [0.05, 0.1) is 0 Å². The molecule has 0 aliphatic carbocycles. The van der Waals surface area contributed by atoms with Gasteiger partial charge in [-0.1, -0.05) is 26.7 Å². The van der Waals surface area contributed by atoms with Crippen molar-refractivity contribution in [2.24, 2.45) is 5.92 Å². The van der Waals surface area contributed by atoms with E-state index in [1.54, 1.807) is 0 Å². The molecule has 2 heterocycles. The van der Waals surface area contributed by atoms with Crippen LogP contribution in [0.25, 0.3) is 0 Å². The summed E-state index contributed by atoms with van der Waals surface area (Å²) < 4.78 is 0. The zero-order valence-corrected chi connectivity index (χ0v) is 11.0. The van der Waals surface area contributed by atoms with E-state index >= 15 is 0 Å². The maximum absolute atomic E-state index is 3.82. The first-order chi connectivity index (χ1) is 7.81. The van der Waals surface area contributed by atoms with Crippen molar-refractivity contribution in [2.75, 3.05) is 19.6 Å². The molecule has 16 heavy (non-hydrogen) atoms. The minimum Gasteiger partial charge on any atom is -0.312 e. The molecule has 2 fully saturated rings. The van der Waals surface area contributed by atoms with Crippen molar-refractivity contribution in [3.8, 4) is 0 Å². The highest BCUT2D eigenvalue weighted by Crippen LogP contribution is 2.27. The normalized spacial score (nSPS) is 32.6. The van der Waals surface area contributed by atoms with E-state index in [0.29, 0.717) is 0 Å². The zero-order chi connectivity index (χ0) is 11.4. The van der Waals surface area contributed by atoms with Gasteiger partial charge in [0.2, 0.25) is 0 Å². The molecule has 0 bridgehead atoms. The Bertz CT molecular complexity index is 205. The smallest absolute Gasteiger partial charge is 0.0249 e. The van der Waals surface area contributed by atoms with Gasteiger partial charge >= 0.3 is 0 Å². The van der Waals surface area contributed by atoms with Gasteiger partial charge < -0.3 is 5.32 Å². The van der Waals surface area contributed by atoms with Gasteiger partial charge in [0, 0.05) is 18.6 Å². The molecular weight excluding hydrogens is 196 g/mol. The lowest BCUT2D eigenvalue weighted by molar-refractivity contribution is 0.179. The second-order valence-corrected chi connectivity index (χ2v) is 5.80. The van der Waals surface area contributed by atoms with Crippen LogP contribution in [0.2, 0.25) is 0 Å². The summed E-state index contributed by atoms with van der Waals surface area (Å²) in [7, 11) is 0. The van der Waals surface area contributed by atoms with Gasteiger partial charge in [-0.2, -0.15) is 0 Å². The van der Waals surface area contributed by atoms with E-state index in [0.717, 1.165) is 18.0 Å². The van der Waals surface area contributed by atoms with Crippen molar-refractivity contribution < 1.29 is 0 Å². The highest BCUT2D eigenvalue weighted by Gasteiger charge is 2.34. The van der Waals surface area contributed by atoms with Crippen LogP contribution in [-0.2, 0) is 0 Å². The maximum Gasteiger partial charge on any atom is 0.0249 e. The molecule has 0 saturated carbocycles. The lowest BCUT2D eigenvalue weighted by atomic mass is 9.98. The third-order valence-electron chi connectivity index (χ3n) is 4.37. The van der Waals surface area contributed by atoms with Crippen molar-refractivity contribution in [3.05, 3.63) is 0 Å². The average molecular weight is 224 g/mol. The molecule has 0 aromatic carbocycles. The number of nitrogens with one attached hydrogen (secondary N) is 1. The van der Waals surface area contributed by atoms with E-state index < -0.39 is 0 Å². The molecule has 2 aliphatic heterocycles. The Kier molecular flexibility index (Phi) is 4.66. The molecular formula is C14H28N2. The third kappa shape index (κ3) is 2.98. The number of hydrogen-bond acceptors (Lipinski definition) is 2. The Hall–Kier alpha value is -0.0800. The second kappa shape index (κ2) is 6.02. The van der Waals surface area contributed by atoms with Crippen LogP contribution < -0.4 is 5.32 Å². The third-order valence-corrected chi connectivity index (χ3v) is 4.37. The minimum absolute atomic E-state index is 0.791. The van der Waals surface area contributed by atoms with E-state index in [9.17, 15) is 0 Å². The first-order valence-electron chi connectivity index (χ1n) is 7.28. The molecule has 0 radical (unpaired) electrons. The Morgan fingerprint density at radius 1 is 1.25 bits per heavy atom. The second-order valence-electron chi connectivity index (χ2n) is 5.80. The average Bonchev–Trinajstić information content (AvgIpc) is 2.70. The lowest BCUT2D eigenvalue weighted by Crippen LogP contribution is -2.45. The van der Waals surface area contributed by atoms with Gasteiger partial charge in [0.25, 0.3) is 0 Å². The fraction of sp³-hybridized carbons (Fsp3) is 1.00. The molecule has 0 amide bonds. The molecule has 3 unspecified atom stereocenters. The first-order valence-corrected chi connectivity index (χ1v) is 7.28. The molecule has 3 atom stereocenters. The maximum atomic E-state index is 3.82. The molecule has 2 rings (SSSR count). The fourth-order valence-electron chi connectivity index (χ4n) is 3.43. The van der Waals surface area contributed by atoms with Gasteiger partial charge in [-0.05, 0) is 44.7 Å². The van der Waals surface area contributed by atoms with Crippen LogP contribution in [0.3, 0.4) is 0 Å². The minimum atomic E-state index is 0.791. The van der Waals surface area contributed by atoms with Crippen LogP contribution in [0, 0.1) is 5.92 Å². The van der Waals surface area contributed by atoms with Crippen LogP contribution in [-0.4, -0.2) is 36.6 Å². The lowest BCUT2D eigenvalue weighted by Gasteiger charge is -2.33. The first kappa shape index (κ1) is 12.4. The number of piperidine rings is 1. The monoisotopic (exact) mass is 224 g/mol. The fourth-order valence-corrected chi connectivity index (χ4v) is 3.43. The molecule has 0 spiro atoms. The van der Waals surface area contributed by atoms with Crippen molar-refractivity contribution in [2.45, 2.75) is 64.5 Å². The summed E-state index contributed by atoms with van der Waals surface area (Å²) in [6.45, 7) is 8.58. The van der Waals surface area contributed by atoms with Gasteiger partial charge in [-0.15, -0.1) is 0 Å².